The van der Waals surface area contributed by atoms with E-state index in [9.17, 15) is 4.79 Å². The zero-order valence-electron chi connectivity index (χ0n) is 18.8. The van der Waals surface area contributed by atoms with Gasteiger partial charge in [0, 0.05) is 46.0 Å². The summed E-state index contributed by atoms with van der Waals surface area (Å²) in [7, 11) is 4.02. The average Bonchev–Trinajstić information content (AvgIpc) is 3.44. The Labute approximate surface area is 184 Å². The van der Waals surface area contributed by atoms with Gasteiger partial charge in [-0.3, -0.25) is 4.79 Å². The molecule has 2 N–H and O–H groups in total. The Balaban J connectivity index is 1.52. The van der Waals surface area contributed by atoms with Gasteiger partial charge >= 0.3 is 0 Å². The highest BCUT2D eigenvalue weighted by Crippen LogP contribution is 2.10. The van der Waals surface area contributed by atoms with Crippen molar-refractivity contribution in [3.8, 4) is 0 Å². The molecule has 2 heterocycles. The lowest BCUT2D eigenvalue weighted by molar-refractivity contribution is -0.128. The fraction of sp³-hybridized carbons (Fsp3) is 0.545. The number of likely N-dealkylation sites (tertiary alicyclic amines) is 1. The lowest BCUT2D eigenvalue weighted by Gasteiger charge is -2.20. The number of benzene rings is 1. The number of carbonyl (C=O) groups is 1. The third kappa shape index (κ3) is 6.70. The van der Waals surface area contributed by atoms with E-state index in [1.807, 2.05) is 41.6 Å². The maximum atomic E-state index is 12.4. The number of carbonyl (C=O) groups excluding carboxylic acids is 1. The van der Waals surface area contributed by atoms with E-state index in [2.05, 4.69) is 49.9 Å². The molecule has 3 rings (SSSR count). The third-order valence-corrected chi connectivity index (χ3v) is 5.59. The second kappa shape index (κ2) is 11.3. The normalized spacial score (nSPS) is 14.0. The van der Waals surface area contributed by atoms with Crippen LogP contribution in [-0.4, -0.2) is 71.3 Å². The predicted molar refractivity (Wildman–Crippen MR) is 123 cm³/mol. The monoisotopic (exact) mass is 426 g/mol. The van der Waals surface area contributed by atoms with E-state index in [1.165, 1.54) is 5.69 Å². The molecule has 0 saturated carbocycles. The quantitative estimate of drug-likeness (QED) is 0.357. The van der Waals surface area contributed by atoms with Crippen LogP contribution in [0.25, 0.3) is 0 Å². The molecule has 0 atom stereocenters. The number of hydrogen-bond donors (Lipinski definition) is 2. The number of hydrogen-bond acceptors (Lipinski definition) is 5. The molecular weight excluding hydrogens is 392 g/mol. The molecule has 0 spiro atoms. The number of aryl methyl sites for hydroxylation is 1. The van der Waals surface area contributed by atoms with Crippen molar-refractivity contribution in [2.75, 3.05) is 44.7 Å². The van der Waals surface area contributed by atoms with E-state index >= 15 is 0 Å². The van der Waals surface area contributed by atoms with E-state index in [4.69, 9.17) is 0 Å². The molecule has 168 valence electrons. The molecule has 1 aliphatic heterocycles. The Morgan fingerprint density at radius 1 is 1.16 bits per heavy atom. The van der Waals surface area contributed by atoms with Crippen LogP contribution in [0, 0.1) is 6.92 Å². The van der Waals surface area contributed by atoms with Crippen molar-refractivity contribution in [1.29, 1.82) is 0 Å². The lowest BCUT2D eigenvalue weighted by Crippen LogP contribution is -2.44. The molecule has 9 heteroatoms. The molecule has 1 amide bonds. The van der Waals surface area contributed by atoms with Crippen LogP contribution < -0.4 is 15.5 Å². The van der Waals surface area contributed by atoms with Crippen molar-refractivity contribution in [1.82, 2.24) is 30.3 Å². The highest BCUT2D eigenvalue weighted by Gasteiger charge is 2.17. The summed E-state index contributed by atoms with van der Waals surface area (Å²) in [6.07, 6.45) is 3.12. The SMILES string of the molecule is Cc1nnc(CN=C(NCCCN(C)c2ccccc2)NCC(=O)N2CCCC2)n1C. The minimum absolute atomic E-state index is 0.116. The molecule has 1 aliphatic rings. The van der Waals surface area contributed by atoms with Crippen LogP contribution in [-0.2, 0) is 18.4 Å². The van der Waals surface area contributed by atoms with E-state index in [0.29, 0.717) is 12.5 Å². The molecule has 1 aromatic carbocycles. The van der Waals surface area contributed by atoms with E-state index < -0.39 is 0 Å². The van der Waals surface area contributed by atoms with Gasteiger partial charge in [-0.2, -0.15) is 0 Å². The summed E-state index contributed by atoms with van der Waals surface area (Å²) in [6, 6.07) is 10.3. The molecule has 1 fully saturated rings. The summed E-state index contributed by atoms with van der Waals surface area (Å²) < 4.78 is 1.92. The minimum atomic E-state index is 0.116. The molecule has 0 radical (unpaired) electrons. The molecule has 1 saturated heterocycles. The predicted octanol–water partition coefficient (Wildman–Crippen LogP) is 1.31. The second-order valence-corrected chi connectivity index (χ2v) is 7.87. The van der Waals surface area contributed by atoms with E-state index in [0.717, 1.165) is 57.1 Å². The van der Waals surface area contributed by atoms with Gasteiger partial charge < -0.3 is 25.0 Å². The standard InChI is InChI=1S/C22H34N8O/c1-18-26-27-20(29(18)3)16-24-22(25-17-21(31)30-14-7-8-15-30)23-12-9-13-28(2)19-10-5-4-6-11-19/h4-6,10-11H,7-9,12-17H2,1-3H3,(H2,23,24,25). The summed E-state index contributed by atoms with van der Waals surface area (Å²) in [4.78, 5) is 21.2. The van der Waals surface area contributed by atoms with E-state index in [1.54, 1.807) is 0 Å². The first-order valence-electron chi connectivity index (χ1n) is 11.0. The summed E-state index contributed by atoms with van der Waals surface area (Å²) in [6.45, 7) is 5.92. The van der Waals surface area contributed by atoms with Gasteiger partial charge in [0.15, 0.2) is 11.8 Å². The number of nitrogens with zero attached hydrogens (tertiary/aromatic N) is 6. The van der Waals surface area contributed by atoms with Crippen molar-refractivity contribution in [3.63, 3.8) is 0 Å². The van der Waals surface area contributed by atoms with Crippen molar-refractivity contribution in [2.24, 2.45) is 12.0 Å². The average molecular weight is 427 g/mol. The third-order valence-electron chi connectivity index (χ3n) is 5.59. The Morgan fingerprint density at radius 3 is 2.58 bits per heavy atom. The summed E-state index contributed by atoms with van der Waals surface area (Å²) in [5, 5.41) is 14.8. The number of aliphatic imine (C=N–C) groups is 1. The highest BCUT2D eigenvalue weighted by atomic mass is 16.2. The van der Waals surface area contributed by atoms with Crippen molar-refractivity contribution in [3.05, 3.63) is 42.0 Å². The fourth-order valence-electron chi connectivity index (χ4n) is 3.49. The van der Waals surface area contributed by atoms with Gasteiger partial charge in [-0.15, -0.1) is 10.2 Å². The fourth-order valence-corrected chi connectivity index (χ4v) is 3.49. The smallest absolute Gasteiger partial charge is 0.241 e. The van der Waals surface area contributed by atoms with Crippen LogP contribution in [0.4, 0.5) is 5.69 Å². The second-order valence-electron chi connectivity index (χ2n) is 7.87. The minimum Gasteiger partial charge on any atom is -0.375 e. The van der Waals surface area contributed by atoms with Crippen LogP contribution in [0.2, 0.25) is 0 Å². The van der Waals surface area contributed by atoms with Gasteiger partial charge in [0.1, 0.15) is 12.4 Å². The van der Waals surface area contributed by atoms with Crippen LogP contribution in [0.15, 0.2) is 35.3 Å². The maximum absolute atomic E-state index is 12.4. The highest BCUT2D eigenvalue weighted by molar-refractivity contribution is 5.86. The van der Waals surface area contributed by atoms with Crippen LogP contribution >= 0.6 is 0 Å². The topological polar surface area (TPSA) is 90.7 Å². The van der Waals surface area contributed by atoms with Crippen LogP contribution in [0.1, 0.15) is 30.9 Å². The molecule has 2 aromatic rings. The van der Waals surface area contributed by atoms with Crippen molar-refractivity contribution in [2.45, 2.75) is 32.7 Å². The first-order chi connectivity index (χ1) is 15.0. The molecule has 9 nitrogen and oxygen atoms in total. The molecule has 0 bridgehead atoms. The van der Waals surface area contributed by atoms with Crippen LogP contribution in [0.3, 0.4) is 0 Å². The summed E-state index contributed by atoms with van der Waals surface area (Å²) >= 11 is 0. The number of amides is 1. The zero-order chi connectivity index (χ0) is 22.1. The first-order valence-corrected chi connectivity index (χ1v) is 11.0. The number of aromatic nitrogens is 3. The van der Waals surface area contributed by atoms with E-state index in [-0.39, 0.29) is 12.5 Å². The number of guanidine groups is 1. The molecule has 31 heavy (non-hydrogen) atoms. The summed E-state index contributed by atoms with van der Waals surface area (Å²) in [5.74, 6) is 2.37. The molecule has 0 aliphatic carbocycles. The molecule has 1 aromatic heterocycles. The van der Waals surface area contributed by atoms with Gasteiger partial charge in [-0.25, -0.2) is 4.99 Å². The lowest BCUT2D eigenvalue weighted by atomic mass is 10.3. The van der Waals surface area contributed by atoms with Crippen LogP contribution in [0.5, 0.6) is 0 Å². The number of anilines is 1. The van der Waals surface area contributed by atoms with Gasteiger partial charge in [0.2, 0.25) is 5.91 Å². The van der Waals surface area contributed by atoms with Gasteiger partial charge in [-0.05, 0) is 38.3 Å². The van der Waals surface area contributed by atoms with Crippen molar-refractivity contribution >= 4 is 17.6 Å². The summed E-state index contributed by atoms with van der Waals surface area (Å²) in [5.41, 5.74) is 1.20. The van der Waals surface area contributed by atoms with Gasteiger partial charge in [0.25, 0.3) is 0 Å². The van der Waals surface area contributed by atoms with Gasteiger partial charge in [0.05, 0.1) is 6.54 Å². The molecular formula is C22H34N8O. The maximum Gasteiger partial charge on any atom is 0.241 e. The number of para-hydroxylation sites is 1. The largest absolute Gasteiger partial charge is 0.375 e. The Morgan fingerprint density at radius 2 is 1.90 bits per heavy atom. The number of rotatable bonds is 9. The zero-order valence-corrected chi connectivity index (χ0v) is 18.8. The molecule has 0 unspecified atom stereocenters. The van der Waals surface area contributed by atoms with Crippen molar-refractivity contribution < 1.29 is 4.79 Å². The Hall–Kier alpha value is -3.10. The Bertz CT molecular complexity index is 858. The Kier molecular flexibility index (Phi) is 8.26. The first kappa shape index (κ1) is 22.6. The number of nitrogens with one attached hydrogen (secondary N) is 2. The van der Waals surface area contributed by atoms with Gasteiger partial charge in [-0.1, -0.05) is 18.2 Å².